The highest BCUT2D eigenvalue weighted by molar-refractivity contribution is 5.69. The van der Waals surface area contributed by atoms with E-state index in [-0.39, 0.29) is 11.6 Å². The third kappa shape index (κ3) is 17.4. The number of esters is 1. The zero-order chi connectivity index (χ0) is 16.0. The van der Waals surface area contributed by atoms with Crippen molar-refractivity contribution in [1.82, 2.24) is 5.32 Å². The molecule has 21 heavy (non-hydrogen) atoms. The summed E-state index contributed by atoms with van der Waals surface area (Å²) in [6.45, 7) is 9.97. The van der Waals surface area contributed by atoms with Crippen LogP contribution in [0.3, 0.4) is 0 Å². The lowest BCUT2D eigenvalue weighted by molar-refractivity contribution is -0.154. The molecule has 0 saturated carbocycles. The molecule has 0 heterocycles. The van der Waals surface area contributed by atoms with Crippen molar-refractivity contribution in [1.29, 1.82) is 0 Å². The van der Waals surface area contributed by atoms with Crippen LogP contribution in [0.4, 0.5) is 0 Å². The molecule has 0 radical (unpaired) electrons. The van der Waals surface area contributed by atoms with Gasteiger partial charge >= 0.3 is 5.97 Å². The van der Waals surface area contributed by atoms with Crippen LogP contribution in [-0.4, -0.2) is 24.7 Å². The molecule has 1 N–H and O–H groups in total. The standard InChI is InChI=1S/C18H37NO2/c1-5-6-7-8-9-10-11-12-15-19-16-13-14-17(20)21-18(2,3)4/h19H,5-16H2,1-4H3. The van der Waals surface area contributed by atoms with Crippen LogP contribution < -0.4 is 5.32 Å². The van der Waals surface area contributed by atoms with Gasteiger partial charge in [-0.3, -0.25) is 4.79 Å². The highest BCUT2D eigenvalue weighted by atomic mass is 16.6. The Kier molecular flexibility index (Phi) is 12.8. The Labute approximate surface area is 132 Å². The molecular formula is C18H37NO2. The van der Waals surface area contributed by atoms with Gasteiger partial charge in [0.25, 0.3) is 0 Å². The van der Waals surface area contributed by atoms with Gasteiger partial charge in [-0.25, -0.2) is 0 Å². The van der Waals surface area contributed by atoms with E-state index in [4.69, 9.17) is 4.74 Å². The van der Waals surface area contributed by atoms with E-state index in [0.29, 0.717) is 6.42 Å². The first kappa shape index (κ1) is 20.4. The minimum Gasteiger partial charge on any atom is -0.460 e. The van der Waals surface area contributed by atoms with E-state index in [1.807, 2.05) is 20.8 Å². The van der Waals surface area contributed by atoms with Gasteiger partial charge in [0, 0.05) is 6.42 Å². The van der Waals surface area contributed by atoms with Crippen molar-refractivity contribution < 1.29 is 9.53 Å². The van der Waals surface area contributed by atoms with E-state index in [1.54, 1.807) is 0 Å². The molecule has 126 valence electrons. The van der Waals surface area contributed by atoms with Gasteiger partial charge in [-0.15, -0.1) is 0 Å². The molecule has 0 spiro atoms. The van der Waals surface area contributed by atoms with Crippen LogP contribution >= 0.6 is 0 Å². The molecule has 0 aliphatic carbocycles. The molecule has 0 amide bonds. The molecule has 0 atom stereocenters. The van der Waals surface area contributed by atoms with E-state index >= 15 is 0 Å². The fraction of sp³-hybridized carbons (Fsp3) is 0.944. The maximum Gasteiger partial charge on any atom is 0.306 e. The highest BCUT2D eigenvalue weighted by Gasteiger charge is 2.15. The maximum absolute atomic E-state index is 11.5. The van der Waals surface area contributed by atoms with Gasteiger partial charge in [0.1, 0.15) is 5.60 Å². The molecule has 0 aromatic heterocycles. The van der Waals surface area contributed by atoms with Crippen molar-refractivity contribution in [3.8, 4) is 0 Å². The van der Waals surface area contributed by atoms with E-state index < -0.39 is 0 Å². The Morgan fingerprint density at radius 3 is 1.95 bits per heavy atom. The summed E-state index contributed by atoms with van der Waals surface area (Å²) in [4.78, 5) is 11.5. The predicted octanol–water partition coefficient (Wildman–Crippen LogP) is 4.84. The fourth-order valence-electron chi connectivity index (χ4n) is 2.26. The van der Waals surface area contributed by atoms with Crippen LogP contribution in [-0.2, 0) is 9.53 Å². The molecule has 0 fully saturated rings. The zero-order valence-electron chi connectivity index (χ0n) is 14.8. The molecule has 3 heteroatoms. The summed E-state index contributed by atoms with van der Waals surface area (Å²) in [5, 5.41) is 3.41. The van der Waals surface area contributed by atoms with Gasteiger partial charge in [-0.1, -0.05) is 51.9 Å². The maximum atomic E-state index is 11.5. The van der Waals surface area contributed by atoms with Crippen LogP contribution in [0.15, 0.2) is 0 Å². The average molecular weight is 299 g/mol. The van der Waals surface area contributed by atoms with Crippen LogP contribution in [0.1, 0.15) is 91.9 Å². The largest absolute Gasteiger partial charge is 0.460 e. The molecule has 0 aromatic carbocycles. The molecule has 0 aliphatic rings. The summed E-state index contributed by atoms with van der Waals surface area (Å²) >= 11 is 0. The summed E-state index contributed by atoms with van der Waals surface area (Å²) in [7, 11) is 0. The van der Waals surface area contributed by atoms with Crippen molar-refractivity contribution in [2.45, 2.75) is 97.5 Å². The summed E-state index contributed by atoms with van der Waals surface area (Å²) in [6.07, 6.45) is 12.2. The molecule has 0 unspecified atom stereocenters. The van der Waals surface area contributed by atoms with Gasteiger partial charge in [-0.05, 0) is 46.7 Å². The monoisotopic (exact) mass is 299 g/mol. The number of nitrogens with one attached hydrogen (secondary N) is 1. The molecule has 0 bridgehead atoms. The smallest absolute Gasteiger partial charge is 0.306 e. The van der Waals surface area contributed by atoms with Crippen molar-refractivity contribution in [2.75, 3.05) is 13.1 Å². The first-order valence-corrected chi connectivity index (χ1v) is 8.88. The lowest BCUT2D eigenvalue weighted by Gasteiger charge is -2.19. The molecule has 0 rings (SSSR count). The number of unbranched alkanes of at least 4 members (excludes halogenated alkanes) is 7. The van der Waals surface area contributed by atoms with Gasteiger partial charge < -0.3 is 10.1 Å². The lowest BCUT2D eigenvalue weighted by Crippen LogP contribution is -2.24. The highest BCUT2D eigenvalue weighted by Crippen LogP contribution is 2.09. The minimum atomic E-state index is -0.359. The van der Waals surface area contributed by atoms with Crippen molar-refractivity contribution >= 4 is 5.97 Å². The van der Waals surface area contributed by atoms with E-state index in [2.05, 4.69) is 12.2 Å². The predicted molar refractivity (Wildman–Crippen MR) is 90.6 cm³/mol. The number of hydrogen-bond donors (Lipinski definition) is 1. The summed E-state index contributed by atoms with van der Waals surface area (Å²) in [5.74, 6) is -0.0867. The van der Waals surface area contributed by atoms with E-state index in [9.17, 15) is 4.79 Å². The number of carbonyl (C=O) groups excluding carboxylic acids is 1. The van der Waals surface area contributed by atoms with E-state index in [1.165, 1.54) is 51.4 Å². The van der Waals surface area contributed by atoms with Gasteiger partial charge in [0.05, 0.1) is 0 Å². The number of rotatable bonds is 13. The first-order chi connectivity index (χ1) is 9.95. The Balaban J connectivity index is 3.17. The number of carbonyl (C=O) groups is 1. The van der Waals surface area contributed by atoms with Crippen LogP contribution in [0, 0.1) is 0 Å². The van der Waals surface area contributed by atoms with Gasteiger partial charge in [0.2, 0.25) is 0 Å². The van der Waals surface area contributed by atoms with Crippen molar-refractivity contribution in [3.63, 3.8) is 0 Å². The summed E-state index contributed by atoms with van der Waals surface area (Å²) < 4.78 is 5.27. The molecule has 0 saturated heterocycles. The molecule has 3 nitrogen and oxygen atoms in total. The Hall–Kier alpha value is -0.570. The zero-order valence-corrected chi connectivity index (χ0v) is 14.8. The quantitative estimate of drug-likeness (QED) is 0.391. The number of ether oxygens (including phenoxy) is 1. The Morgan fingerprint density at radius 1 is 0.857 bits per heavy atom. The summed E-state index contributed by atoms with van der Waals surface area (Å²) in [6, 6.07) is 0. The van der Waals surface area contributed by atoms with Crippen molar-refractivity contribution in [3.05, 3.63) is 0 Å². The SMILES string of the molecule is CCCCCCCCCCNCCCC(=O)OC(C)(C)C. The third-order valence-corrected chi connectivity index (χ3v) is 3.36. The van der Waals surface area contributed by atoms with E-state index in [0.717, 1.165) is 19.5 Å². The third-order valence-electron chi connectivity index (χ3n) is 3.36. The van der Waals surface area contributed by atoms with Crippen molar-refractivity contribution in [2.24, 2.45) is 0 Å². The van der Waals surface area contributed by atoms with Gasteiger partial charge in [-0.2, -0.15) is 0 Å². The van der Waals surface area contributed by atoms with Gasteiger partial charge in [0.15, 0.2) is 0 Å². The normalized spacial score (nSPS) is 11.6. The van der Waals surface area contributed by atoms with Crippen LogP contribution in [0.25, 0.3) is 0 Å². The molecule has 0 aromatic rings. The topological polar surface area (TPSA) is 38.3 Å². The average Bonchev–Trinajstić information content (AvgIpc) is 2.38. The summed E-state index contributed by atoms with van der Waals surface area (Å²) in [5.41, 5.74) is -0.359. The van der Waals surface area contributed by atoms with Crippen LogP contribution in [0.5, 0.6) is 0 Å². The molecular weight excluding hydrogens is 262 g/mol. The second kappa shape index (κ2) is 13.1. The second-order valence-electron chi connectivity index (χ2n) is 6.91. The Morgan fingerprint density at radius 2 is 1.38 bits per heavy atom. The minimum absolute atomic E-state index is 0.0867. The Bertz CT molecular complexity index is 246. The second-order valence-corrected chi connectivity index (χ2v) is 6.91. The van der Waals surface area contributed by atoms with Crippen LogP contribution in [0.2, 0.25) is 0 Å². The lowest BCUT2D eigenvalue weighted by atomic mass is 10.1. The first-order valence-electron chi connectivity index (χ1n) is 8.88. The number of hydrogen-bond acceptors (Lipinski definition) is 3. The molecule has 0 aliphatic heterocycles. The fourth-order valence-corrected chi connectivity index (χ4v) is 2.26.